The molecule has 0 spiro atoms. The topological polar surface area (TPSA) is 56.5 Å². The zero-order chi connectivity index (χ0) is 17.4. The van der Waals surface area contributed by atoms with Crippen LogP contribution in [0.15, 0.2) is 0 Å². The Morgan fingerprint density at radius 2 is 1.57 bits per heavy atom. The van der Waals surface area contributed by atoms with Crippen LogP contribution in [0.25, 0.3) is 0 Å². The monoisotopic (exact) mass is 330 g/mol. The second-order valence-electron chi connectivity index (χ2n) is 7.20. The molecule has 0 aliphatic carbocycles. The van der Waals surface area contributed by atoms with Crippen molar-refractivity contribution in [3.63, 3.8) is 0 Å². The Balaban J connectivity index is 3.54. The highest BCUT2D eigenvalue weighted by atomic mass is 16.5. The van der Waals surface area contributed by atoms with E-state index in [9.17, 15) is 0 Å². The molecule has 0 aromatic heterocycles. The van der Waals surface area contributed by atoms with Gasteiger partial charge in [-0.25, -0.2) is 0 Å². The highest BCUT2D eigenvalue weighted by molar-refractivity contribution is 4.81. The van der Waals surface area contributed by atoms with Crippen molar-refractivity contribution in [1.29, 1.82) is 0 Å². The highest BCUT2D eigenvalue weighted by Gasteiger charge is 2.20. The Morgan fingerprint density at radius 3 is 2.17 bits per heavy atom. The van der Waals surface area contributed by atoms with Crippen molar-refractivity contribution in [2.45, 2.75) is 78.2 Å². The molecule has 23 heavy (non-hydrogen) atoms. The average Bonchev–Trinajstić information content (AvgIpc) is 2.53. The van der Waals surface area contributed by atoms with Crippen LogP contribution in [0.3, 0.4) is 0 Å². The summed E-state index contributed by atoms with van der Waals surface area (Å²) < 4.78 is 11.3. The van der Waals surface area contributed by atoms with Gasteiger partial charge in [-0.2, -0.15) is 0 Å². The number of rotatable bonds is 17. The summed E-state index contributed by atoms with van der Waals surface area (Å²) in [4.78, 5) is 0. The van der Waals surface area contributed by atoms with Crippen molar-refractivity contribution in [2.24, 2.45) is 11.7 Å². The molecular formula is C19H42N2O2. The maximum Gasteiger partial charge on any atom is 0.0478 e. The SMILES string of the molecule is CCC(C)(CCCOCCCN)NCCCOCCCC(C)C. The lowest BCUT2D eigenvalue weighted by Crippen LogP contribution is -2.42. The second-order valence-corrected chi connectivity index (χ2v) is 7.20. The Kier molecular flexibility index (Phi) is 15.3. The Labute approximate surface area is 144 Å². The summed E-state index contributed by atoms with van der Waals surface area (Å²) in [5.41, 5.74) is 5.67. The summed E-state index contributed by atoms with van der Waals surface area (Å²) in [6.45, 7) is 14.3. The molecular weight excluding hydrogens is 288 g/mol. The van der Waals surface area contributed by atoms with Crippen molar-refractivity contribution in [2.75, 3.05) is 39.5 Å². The fraction of sp³-hybridized carbons (Fsp3) is 1.00. The van der Waals surface area contributed by atoms with E-state index in [-0.39, 0.29) is 5.54 Å². The molecule has 1 atom stereocenters. The summed E-state index contributed by atoms with van der Waals surface area (Å²) in [6, 6.07) is 0. The summed E-state index contributed by atoms with van der Waals surface area (Å²) in [7, 11) is 0. The van der Waals surface area contributed by atoms with Crippen molar-refractivity contribution < 1.29 is 9.47 Å². The third-order valence-corrected chi connectivity index (χ3v) is 4.38. The van der Waals surface area contributed by atoms with Gasteiger partial charge in [-0.3, -0.25) is 0 Å². The smallest absolute Gasteiger partial charge is 0.0478 e. The van der Waals surface area contributed by atoms with E-state index in [2.05, 4.69) is 33.0 Å². The Bertz CT molecular complexity index is 250. The number of ether oxygens (including phenoxy) is 2. The number of hydrogen-bond acceptors (Lipinski definition) is 4. The molecule has 0 bridgehead atoms. The van der Waals surface area contributed by atoms with Crippen molar-refractivity contribution in [3.05, 3.63) is 0 Å². The third-order valence-electron chi connectivity index (χ3n) is 4.38. The number of nitrogens with two attached hydrogens (primary N) is 1. The van der Waals surface area contributed by atoms with Crippen molar-refractivity contribution in [1.82, 2.24) is 5.32 Å². The minimum absolute atomic E-state index is 0.217. The maximum absolute atomic E-state index is 5.70. The molecule has 0 aromatic carbocycles. The van der Waals surface area contributed by atoms with Crippen LogP contribution in [-0.2, 0) is 9.47 Å². The van der Waals surface area contributed by atoms with Crippen LogP contribution < -0.4 is 11.1 Å². The van der Waals surface area contributed by atoms with Gasteiger partial charge in [0.05, 0.1) is 0 Å². The molecule has 0 aliphatic heterocycles. The first-order valence-electron chi connectivity index (χ1n) is 9.64. The van der Waals surface area contributed by atoms with E-state index in [4.69, 9.17) is 15.2 Å². The van der Waals surface area contributed by atoms with E-state index >= 15 is 0 Å². The van der Waals surface area contributed by atoms with E-state index in [0.717, 1.165) is 71.0 Å². The number of nitrogens with one attached hydrogen (secondary N) is 1. The largest absolute Gasteiger partial charge is 0.381 e. The molecule has 140 valence electrons. The zero-order valence-electron chi connectivity index (χ0n) is 16.2. The molecule has 0 radical (unpaired) electrons. The van der Waals surface area contributed by atoms with Gasteiger partial charge in [0.25, 0.3) is 0 Å². The molecule has 0 amide bonds. The van der Waals surface area contributed by atoms with Gasteiger partial charge in [-0.1, -0.05) is 20.8 Å². The van der Waals surface area contributed by atoms with E-state index in [1.165, 1.54) is 12.8 Å². The lowest BCUT2D eigenvalue weighted by atomic mass is 9.93. The first kappa shape index (κ1) is 22.8. The number of hydrogen-bond donors (Lipinski definition) is 2. The van der Waals surface area contributed by atoms with E-state index < -0.39 is 0 Å². The summed E-state index contributed by atoms with van der Waals surface area (Å²) >= 11 is 0. The van der Waals surface area contributed by atoms with Crippen molar-refractivity contribution >= 4 is 0 Å². The predicted octanol–water partition coefficient (Wildman–Crippen LogP) is 3.73. The Morgan fingerprint density at radius 1 is 0.957 bits per heavy atom. The second kappa shape index (κ2) is 15.4. The van der Waals surface area contributed by atoms with Crippen LogP contribution in [-0.4, -0.2) is 45.1 Å². The van der Waals surface area contributed by atoms with Gasteiger partial charge < -0.3 is 20.5 Å². The minimum Gasteiger partial charge on any atom is -0.381 e. The molecule has 0 heterocycles. The fourth-order valence-corrected chi connectivity index (χ4v) is 2.50. The van der Waals surface area contributed by atoms with Crippen LogP contribution in [0.5, 0.6) is 0 Å². The molecule has 0 fully saturated rings. The molecule has 0 aromatic rings. The molecule has 3 N–H and O–H groups in total. The Hall–Kier alpha value is -0.160. The van der Waals surface area contributed by atoms with Crippen LogP contribution in [0.1, 0.15) is 72.6 Å². The molecule has 0 rings (SSSR count). The van der Waals surface area contributed by atoms with Crippen molar-refractivity contribution in [3.8, 4) is 0 Å². The summed E-state index contributed by atoms with van der Waals surface area (Å²) in [5.74, 6) is 0.782. The predicted molar refractivity (Wildman–Crippen MR) is 99.9 cm³/mol. The zero-order valence-corrected chi connectivity index (χ0v) is 16.2. The molecule has 4 heteroatoms. The van der Waals surface area contributed by atoms with Crippen LogP contribution in [0.2, 0.25) is 0 Å². The van der Waals surface area contributed by atoms with E-state index in [1.54, 1.807) is 0 Å². The summed E-state index contributed by atoms with van der Waals surface area (Å²) in [5, 5.41) is 3.70. The van der Waals surface area contributed by atoms with Gasteiger partial charge in [-0.05, 0) is 70.9 Å². The molecule has 1 unspecified atom stereocenters. The van der Waals surface area contributed by atoms with Crippen LogP contribution in [0.4, 0.5) is 0 Å². The van der Waals surface area contributed by atoms with Gasteiger partial charge in [0.2, 0.25) is 0 Å². The lowest BCUT2D eigenvalue weighted by Gasteiger charge is -2.30. The third kappa shape index (κ3) is 15.1. The molecule has 4 nitrogen and oxygen atoms in total. The molecule has 0 saturated heterocycles. The van der Waals surface area contributed by atoms with Crippen LogP contribution in [0, 0.1) is 5.92 Å². The fourth-order valence-electron chi connectivity index (χ4n) is 2.50. The van der Waals surface area contributed by atoms with Crippen LogP contribution >= 0.6 is 0 Å². The standard InChI is InChI=1S/C19H42N2O2/c1-5-19(4,11-7-15-23-16-8-12-20)21-13-9-17-22-14-6-10-18(2)3/h18,21H,5-17,20H2,1-4H3. The quantitative estimate of drug-likeness (QED) is 0.399. The maximum atomic E-state index is 5.70. The highest BCUT2D eigenvalue weighted by Crippen LogP contribution is 2.16. The first-order valence-corrected chi connectivity index (χ1v) is 9.64. The van der Waals surface area contributed by atoms with Gasteiger partial charge in [0.1, 0.15) is 0 Å². The summed E-state index contributed by atoms with van der Waals surface area (Å²) in [6.07, 6.45) is 7.90. The lowest BCUT2D eigenvalue weighted by molar-refractivity contribution is 0.116. The normalized spacial score (nSPS) is 14.3. The average molecular weight is 331 g/mol. The van der Waals surface area contributed by atoms with Gasteiger partial charge in [0.15, 0.2) is 0 Å². The van der Waals surface area contributed by atoms with Gasteiger partial charge in [-0.15, -0.1) is 0 Å². The van der Waals surface area contributed by atoms with E-state index in [0.29, 0.717) is 6.54 Å². The van der Waals surface area contributed by atoms with Gasteiger partial charge >= 0.3 is 0 Å². The van der Waals surface area contributed by atoms with Gasteiger partial charge in [0, 0.05) is 32.0 Å². The first-order chi connectivity index (χ1) is 11.0. The molecule has 0 aliphatic rings. The molecule has 0 saturated carbocycles. The minimum atomic E-state index is 0.217. The van der Waals surface area contributed by atoms with E-state index in [1.807, 2.05) is 0 Å².